The summed E-state index contributed by atoms with van der Waals surface area (Å²) >= 11 is 0. The summed E-state index contributed by atoms with van der Waals surface area (Å²) in [6, 6.07) is 7.38. The molecule has 18 heavy (non-hydrogen) atoms. The third-order valence-electron chi connectivity index (χ3n) is 2.89. The third-order valence-corrected chi connectivity index (χ3v) is 2.89. The number of rotatable bonds is 2. The van der Waals surface area contributed by atoms with Crippen molar-refractivity contribution in [1.29, 1.82) is 0 Å². The molecule has 0 saturated heterocycles. The average Bonchev–Trinajstić information content (AvgIpc) is 2.33. The number of urea groups is 1. The zero-order valence-electron chi connectivity index (χ0n) is 10.1. The number of hydrogen-bond acceptors (Lipinski definition) is 2. The van der Waals surface area contributed by atoms with Gasteiger partial charge in [-0.05, 0) is 43.5 Å². The van der Waals surface area contributed by atoms with Crippen molar-refractivity contribution in [3.63, 3.8) is 0 Å². The summed E-state index contributed by atoms with van der Waals surface area (Å²) in [5, 5.41) is 14.3. The molecule has 0 spiro atoms. The summed E-state index contributed by atoms with van der Waals surface area (Å²) in [7, 11) is 0. The van der Waals surface area contributed by atoms with Gasteiger partial charge in [-0.25, -0.2) is 4.79 Å². The summed E-state index contributed by atoms with van der Waals surface area (Å²) in [6.07, 6.45) is 3.34. The minimum Gasteiger partial charge on any atom is -0.384 e. The first-order valence-electron chi connectivity index (χ1n) is 6.05. The number of aliphatic hydroxyl groups is 1. The number of nitrogens with one attached hydrogen (secondary N) is 2. The van der Waals surface area contributed by atoms with E-state index in [1.807, 2.05) is 12.1 Å². The molecule has 94 valence electrons. The standard InChI is InChI=1S/C14H16N2O2/c17-10-2-3-11-6-8-13(9-7-11)16-14(18)15-12-4-1-5-12/h6-9,12,17H,1,4-5,10H2,(H2,15,16,18). The maximum absolute atomic E-state index is 11.6. The lowest BCUT2D eigenvalue weighted by atomic mass is 9.93. The number of carbonyl (C=O) groups excluding carboxylic acids is 1. The van der Waals surface area contributed by atoms with Crippen molar-refractivity contribution in [3.05, 3.63) is 29.8 Å². The molecule has 4 heteroatoms. The van der Waals surface area contributed by atoms with Gasteiger partial charge in [0.2, 0.25) is 0 Å². The summed E-state index contributed by atoms with van der Waals surface area (Å²) in [5.74, 6) is 5.37. The Bertz CT molecular complexity index is 467. The number of carbonyl (C=O) groups is 1. The van der Waals surface area contributed by atoms with Crippen LogP contribution in [-0.2, 0) is 0 Å². The Kier molecular flexibility index (Phi) is 4.21. The van der Waals surface area contributed by atoms with Gasteiger partial charge in [0.15, 0.2) is 0 Å². The largest absolute Gasteiger partial charge is 0.384 e. The third kappa shape index (κ3) is 3.51. The molecule has 1 aromatic rings. The lowest BCUT2D eigenvalue weighted by Crippen LogP contribution is -2.41. The molecule has 4 nitrogen and oxygen atoms in total. The lowest BCUT2D eigenvalue weighted by Gasteiger charge is -2.26. The van der Waals surface area contributed by atoms with Crippen molar-refractivity contribution in [2.45, 2.75) is 25.3 Å². The number of anilines is 1. The summed E-state index contributed by atoms with van der Waals surface area (Å²) < 4.78 is 0. The smallest absolute Gasteiger partial charge is 0.319 e. The Morgan fingerprint density at radius 1 is 1.33 bits per heavy atom. The second-order valence-corrected chi connectivity index (χ2v) is 4.26. The van der Waals surface area contributed by atoms with Crippen LogP contribution in [0.15, 0.2) is 24.3 Å². The Morgan fingerprint density at radius 3 is 2.61 bits per heavy atom. The fraction of sp³-hybridized carbons (Fsp3) is 0.357. The lowest BCUT2D eigenvalue weighted by molar-refractivity contribution is 0.240. The van der Waals surface area contributed by atoms with E-state index in [0.29, 0.717) is 6.04 Å². The van der Waals surface area contributed by atoms with Gasteiger partial charge in [-0.2, -0.15) is 0 Å². The van der Waals surface area contributed by atoms with E-state index in [-0.39, 0.29) is 12.6 Å². The molecular formula is C14H16N2O2. The molecule has 1 aromatic carbocycles. The molecule has 0 unspecified atom stereocenters. The predicted octanol–water partition coefficient (Wildman–Crippen LogP) is 1.70. The van der Waals surface area contributed by atoms with E-state index in [1.165, 1.54) is 6.42 Å². The minimum atomic E-state index is -0.158. The van der Waals surface area contributed by atoms with Gasteiger partial charge in [0.1, 0.15) is 6.61 Å². The van der Waals surface area contributed by atoms with Crippen molar-refractivity contribution < 1.29 is 9.90 Å². The van der Waals surface area contributed by atoms with E-state index in [2.05, 4.69) is 22.5 Å². The first-order valence-corrected chi connectivity index (χ1v) is 6.05. The molecule has 0 aromatic heterocycles. The number of amides is 2. The molecule has 2 amide bonds. The van der Waals surface area contributed by atoms with Crippen molar-refractivity contribution in [1.82, 2.24) is 5.32 Å². The Balaban J connectivity index is 1.87. The van der Waals surface area contributed by atoms with E-state index in [1.54, 1.807) is 12.1 Å². The van der Waals surface area contributed by atoms with Crippen LogP contribution in [0.2, 0.25) is 0 Å². The van der Waals surface area contributed by atoms with Gasteiger partial charge >= 0.3 is 6.03 Å². The first-order chi connectivity index (χ1) is 8.78. The highest BCUT2D eigenvalue weighted by atomic mass is 16.2. The second-order valence-electron chi connectivity index (χ2n) is 4.26. The molecule has 0 atom stereocenters. The van der Waals surface area contributed by atoms with Gasteiger partial charge in [-0.3, -0.25) is 0 Å². The van der Waals surface area contributed by atoms with Crippen LogP contribution in [0.5, 0.6) is 0 Å². The second kappa shape index (κ2) is 6.08. The Morgan fingerprint density at radius 2 is 2.06 bits per heavy atom. The topological polar surface area (TPSA) is 61.4 Å². The van der Waals surface area contributed by atoms with E-state index < -0.39 is 0 Å². The van der Waals surface area contributed by atoms with Crippen LogP contribution in [0.1, 0.15) is 24.8 Å². The average molecular weight is 244 g/mol. The maximum Gasteiger partial charge on any atom is 0.319 e. The van der Waals surface area contributed by atoms with Crippen LogP contribution in [0.4, 0.5) is 10.5 Å². The van der Waals surface area contributed by atoms with Gasteiger partial charge in [0, 0.05) is 17.3 Å². The van der Waals surface area contributed by atoms with Gasteiger partial charge in [-0.15, -0.1) is 0 Å². The van der Waals surface area contributed by atoms with Crippen LogP contribution in [0, 0.1) is 11.8 Å². The van der Waals surface area contributed by atoms with E-state index in [9.17, 15) is 4.79 Å². The normalized spacial score (nSPS) is 14.1. The van der Waals surface area contributed by atoms with E-state index >= 15 is 0 Å². The van der Waals surface area contributed by atoms with Gasteiger partial charge < -0.3 is 15.7 Å². The van der Waals surface area contributed by atoms with E-state index in [4.69, 9.17) is 5.11 Å². The summed E-state index contributed by atoms with van der Waals surface area (Å²) in [6.45, 7) is -0.149. The zero-order valence-corrected chi connectivity index (χ0v) is 10.1. The molecule has 1 saturated carbocycles. The van der Waals surface area contributed by atoms with Crippen molar-refractivity contribution in [2.75, 3.05) is 11.9 Å². The Labute approximate surface area is 106 Å². The molecular weight excluding hydrogens is 228 g/mol. The SMILES string of the molecule is O=C(Nc1ccc(C#CCO)cc1)NC1CCC1. The van der Waals surface area contributed by atoms with Crippen LogP contribution < -0.4 is 10.6 Å². The predicted molar refractivity (Wildman–Crippen MR) is 70.2 cm³/mol. The number of aliphatic hydroxyl groups excluding tert-OH is 1. The molecule has 0 bridgehead atoms. The highest BCUT2D eigenvalue weighted by Gasteiger charge is 2.19. The molecule has 3 N–H and O–H groups in total. The summed E-state index contributed by atoms with van der Waals surface area (Å²) in [5.41, 5.74) is 1.55. The molecule has 1 aliphatic rings. The molecule has 0 heterocycles. The highest BCUT2D eigenvalue weighted by Crippen LogP contribution is 2.18. The van der Waals surface area contributed by atoms with Crippen molar-refractivity contribution >= 4 is 11.7 Å². The Hall–Kier alpha value is -1.99. The van der Waals surface area contributed by atoms with Crippen molar-refractivity contribution in [2.24, 2.45) is 0 Å². The number of hydrogen-bond donors (Lipinski definition) is 3. The highest BCUT2D eigenvalue weighted by molar-refractivity contribution is 5.89. The van der Waals surface area contributed by atoms with Gasteiger partial charge in [0.25, 0.3) is 0 Å². The van der Waals surface area contributed by atoms with Crippen LogP contribution in [0.3, 0.4) is 0 Å². The minimum absolute atomic E-state index is 0.149. The van der Waals surface area contributed by atoms with Crippen molar-refractivity contribution in [3.8, 4) is 11.8 Å². The van der Waals surface area contributed by atoms with Crippen LogP contribution >= 0.6 is 0 Å². The van der Waals surface area contributed by atoms with Crippen LogP contribution in [-0.4, -0.2) is 23.8 Å². The molecule has 0 radical (unpaired) electrons. The van der Waals surface area contributed by atoms with Crippen LogP contribution in [0.25, 0.3) is 0 Å². The fourth-order valence-electron chi connectivity index (χ4n) is 1.68. The number of benzene rings is 1. The molecule has 2 rings (SSSR count). The quantitative estimate of drug-likeness (QED) is 0.693. The molecule has 1 aliphatic carbocycles. The molecule has 1 fully saturated rings. The van der Waals surface area contributed by atoms with Gasteiger partial charge in [-0.1, -0.05) is 11.8 Å². The maximum atomic E-state index is 11.6. The summed E-state index contributed by atoms with van der Waals surface area (Å²) in [4.78, 5) is 11.6. The van der Waals surface area contributed by atoms with Gasteiger partial charge in [0.05, 0.1) is 0 Å². The first kappa shape index (κ1) is 12.5. The zero-order chi connectivity index (χ0) is 12.8. The molecule has 0 aliphatic heterocycles. The van der Waals surface area contributed by atoms with E-state index in [0.717, 1.165) is 24.1 Å². The fourth-order valence-corrected chi connectivity index (χ4v) is 1.68. The monoisotopic (exact) mass is 244 g/mol.